The minimum absolute atomic E-state index is 0.0306. The lowest BCUT2D eigenvalue weighted by atomic mass is 9.97. The molecule has 4 aromatic carbocycles. The van der Waals surface area contributed by atoms with Crippen LogP contribution in [-0.4, -0.2) is 42.6 Å². The summed E-state index contributed by atoms with van der Waals surface area (Å²) in [6.45, 7) is 2.12. The van der Waals surface area contributed by atoms with Crippen molar-refractivity contribution < 1.29 is 18.3 Å². The maximum Gasteiger partial charge on any atom is 0.322 e. The first-order valence-electron chi connectivity index (χ1n) is 14.7. The van der Waals surface area contributed by atoms with Crippen molar-refractivity contribution in [1.29, 1.82) is 0 Å². The van der Waals surface area contributed by atoms with Crippen LogP contribution in [0.1, 0.15) is 54.5 Å². The monoisotopic (exact) mass is 629 g/mol. The van der Waals surface area contributed by atoms with Gasteiger partial charge in [0, 0.05) is 18.5 Å². The fraction of sp³-hybridized carbons (Fsp3) is 0.257. The molecule has 7 nitrogen and oxygen atoms in total. The van der Waals surface area contributed by atoms with Crippen molar-refractivity contribution in [2.45, 2.75) is 56.0 Å². The standard InChI is InChI=1S/C35H36ClN3O4S/c1-3-25-12-14-28(15-13-25)34-24-32(27-16-18-29(36)19-17-27)37-39(34)30-20-22-31(23-21-30)44(42,43)38(2)33(35(40)41)11-7-10-26-8-5-4-6-9-26/h4-6,8-9,12-23,33-34H,3,7,10-11,24H2,1-2H3,(H,40,41). The number of rotatable bonds is 12. The number of hydrazone groups is 1. The Hall–Kier alpha value is -3.98. The molecular formula is C35H36ClN3O4S. The fourth-order valence-corrected chi connectivity index (χ4v) is 6.98. The minimum Gasteiger partial charge on any atom is -0.480 e. The Bertz CT molecular complexity index is 1710. The van der Waals surface area contributed by atoms with Gasteiger partial charge in [-0.3, -0.25) is 9.80 Å². The van der Waals surface area contributed by atoms with Gasteiger partial charge in [-0.25, -0.2) is 8.42 Å². The summed E-state index contributed by atoms with van der Waals surface area (Å²) in [6, 6.07) is 31.1. The topological polar surface area (TPSA) is 90.3 Å². The van der Waals surface area contributed by atoms with Gasteiger partial charge in [0.25, 0.3) is 0 Å². The Morgan fingerprint density at radius 3 is 2.23 bits per heavy atom. The molecule has 2 atom stereocenters. The molecule has 1 aliphatic rings. The molecule has 4 aromatic rings. The Labute approximate surface area is 264 Å². The number of aryl methyl sites for hydroxylation is 2. The molecular weight excluding hydrogens is 594 g/mol. The van der Waals surface area contributed by atoms with Gasteiger partial charge in [0.15, 0.2) is 0 Å². The predicted molar refractivity (Wildman–Crippen MR) is 176 cm³/mol. The average molecular weight is 630 g/mol. The number of nitrogens with zero attached hydrogens (tertiary/aromatic N) is 3. The van der Waals surface area contributed by atoms with Crippen LogP contribution in [0.15, 0.2) is 113 Å². The van der Waals surface area contributed by atoms with Crippen molar-refractivity contribution in [3.63, 3.8) is 0 Å². The van der Waals surface area contributed by atoms with E-state index in [-0.39, 0.29) is 17.4 Å². The molecule has 0 spiro atoms. The summed E-state index contributed by atoms with van der Waals surface area (Å²) in [4.78, 5) is 12.2. The molecule has 9 heteroatoms. The van der Waals surface area contributed by atoms with Gasteiger partial charge in [-0.05, 0) is 84.3 Å². The Morgan fingerprint density at radius 1 is 0.955 bits per heavy atom. The van der Waals surface area contributed by atoms with E-state index in [1.54, 1.807) is 12.1 Å². The number of aliphatic carboxylic acids is 1. The number of carboxylic acids is 1. The molecule has 0 radical (unpaired) electrons. The van der Waals surface area contributed by atoms with E-state index in [1.165, 1.54) is 24.7 Å². The van der Waals surface area contributed by atoms with E-state index >= 15 is 0 Å². The highest BCUT2D eigenvalue weighted by molar-refractivity contribution is 7.89. The Morgan fingerprint density at radius 2 is 1.61 bits per heavy atom. The molecule has 1 heterocycles. The zero-order valence-corrected chi connectivity index (χ0v) is 26.4. The highest BCUT2D eigenvalue weighted by Crippen LogP contribution is 2.37. The molecule has 44 heavy (non-hydrogen) atoms. The predicted octanol–water partition coefficient (Wildman–Crippen LogP) is 7.35. The summed E-state index contributed by atoms with van der Waals surface area (Å²) in [5.41, 5.74) is 6.04. The SMILES string of the molecule is CCc1ccc(C2CC(c3ccc(Cl)cc3)=NN2c2ccc(S(=O)(=O)N(C)C(CCCc3ccccc3)C(=O)O)cc2)cc1. The number of hydrogen-bond donors (Lipinski definition) is 1. The van der Waals surface area contributed by atoms with Crippen molar-refractivity contribution in [3.8, 4) is 0 Å². The highest BCUT2D eigenvalue weighted by Gasteiger charge is 2.34. The molecule has 0 aromatic heterocycles. The molecule has 2 unspecified atom stereocenters. The van der Waals surface area contributed by atoms with E-state index in [0.717, 1.165) is 38.8 Å². The van der Waals surface area contributed by atoms with E-state index in [0.29, 0.717) is 24.3 Å². The number of anilines is 1. The molecule has 0 saturated heterocycles. The van der Waals surface area contributed by atoms with Crippen molar-refractivity contribution in [1.82, 2.24) is 4.31 Å². The third-order valence-corrected chi connectivity index (χ3v) is 10.3. The second-order valence-corrected chi connectivity index (χ2v) is 13.4. The molecule has 0 saturated carbocycles. The van der Waals surface area contributed by atoms with Gasteiger partial charge < -0.3 is 5.11 Å². The quantitative estimate of drug-likeness (QED) is 0.177. The third-order valence-electron chi connectivity index (χ3n) is 8.15. The Balaban J connectivity index is 1.38. The molecule has 0 fully saturated rings. The second kappa shape index (κ2) is 13.8. The van der Waals surface area contributed by atoms with Crippen LogP contribution in [0.4, 0.5) is 5.69 Å². The number of likely N-dealkylation sites (N-methyl/N-ethyl adjacent to an activating group) is 1. The summed E-state index contributed by atoms with van der Waals surface area (Å²) >= 11 is 6.12. The van der Waals surface area contributed by atoms with Gasteiger partial charge in [0.2, 0.25) is 10.0 Å². The highest BCUT2D eigenvalue weighted by atomic mass is 35.5. The number of hydrogen-bond acceptors (Lipinski definition) is 5. The number of carbonyl (C=O) groups is 1. The largest absolute Gasteiger partial charge is 0.480 e. The summed E-state index contributed by atoms with van der Waals surface area (Å²) in [6.07, 6.45) is 3.03. The smallest absolute Gasteiger partial charge is 0.322 e. The molecule has 228 valence electrons. The molecule has 1 N–H and O–H groups in total. The lowest BCUT2D eigenvalue weighted by molar-refractivity contribution is -0.141. The second-order valence-electron chi connectivity index (χ2n) is 11.0. The normalized spacial score (nSPS) is 15.8. The van der Waals surface area contributed by atoms with Crippen LogP contribution in [0.3, 0.4) is 0 Å². The van der Waals surface area contributed by atoms with Crippen LogP contribution >= 0.6 is 11.6 Å². The maximum absolute atomic E-state index is 13.6. The van der Waals surface area contributed by atoms with Crippen molar-refractivity contribution >= 4 is 39.0 Å². The van der Waals surface area contributed by atoms with Gasteiger partial charge in [0.1, 0.15) is 6.04 Å². The first-order valence-corrected chi connectivity index (χ1v) is 16.6. The van der Waals surface area contributed by atoms with Gasteiger partial charge in [-0.2, -0.15) is 9.41 Å². The Kier molecular flexibility index (Phi) is 9.84. The van der Waals surface area contributed by atoms with Gasteiger partial charge in [-0.1, -0.05) is 85.3 Å². The van der Waals surface area contributed by atoms with Crippen LogP contribution in [-0.2, 0) is 27.7 Å². The van der Waals surface area contributed by atoms with Crippen molar-refractivity contribution in [3.05, 3.63) is 130 Å². The van der Waals surface area contributed by atoms with E-state index in [4.69, 9.17) is 16.7 Å². The van der Waals surface area contributed by atoms with Crippen LogP contribution in [0, 0.1) is 0 Å². The molecule has 0 bridgehead atoms. The number of carboxylic acid groups (broad SMARTS) is 1. The lowest BCUT2D eigenvalue weighted by Gasteiger charge is -2.26. The summed E-state index contributed by atoms with van der Waals surface area (Å²) in [5, 5.41) is 17.5. The third kappa shape index (κ3) is 7.04. The van der Waals surface area contributed by atoms with Gasteiger partial charge in [0.05, 0.1) is 22.3 Å². The zero-order valence-electron chi connectivity index (χ0n) is 24.8. The summed E-state index contributed by atoms with van der Waals surface area (Å²) in [5.74, 6) is -1.17. The maximum atomic E-state index is 13.6. The average Bonchev–Trinajstić information content (AvgIpc) is 3.49. The summed E-state index contributed by atoms with van der Waals surface area (Å²) < 4.78 is 28.1. The van der Waals surface area contributed by atoms with Crippen LogP contribution in [0.25, 0.3) is 0 Å². The van der Waals surface area contributed by atoms with E-state index in [2.05, 4.69) is 31.2 Å². The lowest BCUT2D eigenvalue weighted by Crippen LogP contribution is -2.42. The van der Waals surface area contributed by atoms with E-state index in [1.807, 2.05) is 59.6 Å². The first-order chi connectivity index (χ1) is 21.2. The number of halogens is 1. The molecule has 0 aliphatic carbocycles. The summed E-state index contributed by atoms with van der Waals surface area (Å²) in [7, 11) is -2.73. The van der Waals surface area contributed by atoms with Crippen LogP contribution in [0.5, 0.6) is 0 Å². The van der Waals surface area contributed by atoms with Crippen LogP contribution < -0.4 is 5.01 Å². The molecule has 0 amide bonds. The number of benzene rings is 4. The van der Waals surface area contributed by atoms with Crippen LogP contribution in [0.2, 0.25) is 5.02 Å². The molecule has 1 aliphatic heterocycles. The number of sulfonamides is 1. The fourth-order valence-electron chi connectivity index (χ4n) is 5.51. The molecule has 5 rings (SSSR count). The first kappa shape index (κ1) is 31.4. The minimum atomic E-state index is -4.06. The van der Waals surface area contributed by atoms with E-state index < -0.39 is 22.0 Å². The zero-order chi connectivity index (χ0) is 31.3. The van der Waals surface area contributed by atoms with E-state index in [9.17, 15) is 18.3 Å². The van der Waals surface area contributed by atoms with Crippen molar-refractivity contribution in [2.24, 2.45) is 5.10 Å². The van der Waals surface area contributed by atoms with Gasteiger partial charge >= 0.3 is 5.97 Å². The van der Waals surface area contributed by atoms with Crippen molar-refractivity contribution in [2.75, 3.05) is 12.1 Å². The van der Waals surface area contributed by atoms with Gasteiger partial charge in [-0.15, -0.1) is 0 Å².